The molecule has 1 aliphatic rings. The SMILES string of the molecule is COc1ccc(COC[C@@H](C)[C@@H](O)[C@H](C)C(=O)N2C(=O)OC[C@@H]2Cc2ccccc2)cc1. The molecule has 0 aromatic heterocycles. The van der Waals surface area contributed by atoms with Gasteiger partial charge < -0.3 is 19.3 Å². The van der Waals surface area contributed by atoms with Gasteiger partial charge in [-0.2, -0.15) is 0 Å². The van der Waals surface area contributed by atoms with E-state index in [-0.39, 0.29) is 25.2 Å². The Hall–Kier alpha value is -2.90. The molecule has 1 fully saturated rings. The molecule has 2 amide bonds. The summed E-state index contributed by atoms with van der Waals surface area (Å²) in [5, 5.41) is 10.7. The van der Waals surface area contributed by atoms with E-state index in [0.29, 0.717) is 13.0 Å². The second kappa shape index (κ2) is 11.1. The number of imide groups is 1. The second-order valence-corrected chi connectivity index (χ2v) is 8.25. The Kier molecular flexibility index (Phi) is 8.25. The molecule has 7 nitrogen and oxygen atoms in total. The van der Waals surface area contributed by atoms with E-state index in [4.69, 9.17) is 14.2 Å². The van der Waals surface area contributed by atoms with Crippen molar-refractivity contribution in [1.82, 2.24) is 4.90 Å². The van der Waals surface area contributed by atoms with Crippen molar-refractivity contribution in [2.75, 3.05) is 20.3 Å². The van der Waals surface area contributed by atoms with E-state index < -0.39 is 24.0 Å². The molecule has 0 unspecified atom stereocenters. The highest BCUT2D eigenvalue weighted by Crippen LogP contribution is 2.23. The molecule has 0 saturated carbocycles. The van der Waals surface area contributed by atoms with Crippen LogP contribution in [0.15, 0.2) is 54.6 Å². The maximum Gasteiger partial charge on any atom is 0.416 e. The third-order valence-electron chi connectivity index (χ3n) is 5.81. The minimum absolute atomic E-state index is 0.156. The lowest BCUT2D eigenvalue weighted by molar-refractivity contribution is -0.138. The van der Waals surface area contributed by atoms with Crippen LogP contribution in [-0.4, -0.2) is 54.5 Å². The summed E-state index contributed by atoms with van der Waals surface area (Å²) in [6.07, 6.45) is -1.09. The average molecular weight is 442 g/mol. The predicted molar refractivity (Wildman–Crippen MR) is 119 cm³/mol. The zero-order valence-electron chi connectivity index (χ0n) is 18.8. The molecule has 0 radical (unpaired) electrons. The number of benzene rings is 2. The van der Waals surface area contributed by atoms with E-state index in [1.807, 2.05) is 61.5 Å². The molecule has 32 heavy (non-hydrogen) atoms. The number of cyclic esters (lactones) is 1. The Bertz CT molecular complexity index is 885. The summed E-state index contributed by atoms with van der Waals surface area (Å²) < 4.78 is 16.0. The van der Waals surface area contributed by atoms with Gasteiger partial charge in [-0.1, -0.05) is 56.3 Å². The first-order valence-electron chi connectivity index (χ1n) is 10.8. The Morgan fingerprint density at radius 2 is 1.81 bits per heavy atom. The van der Waals surface area contributed by atoms with Gasteiger partial charge in [-0.3, -0.25) is 4.79 Å². The second-order valence-electron chi connectivity index (χ2n) is 8.25. The third kappa shape index (κ3) is 5.87. The summed E-state index contributed by atoms with van der Waals surface area (Å²) in [5.74, 6) is -0.712. The van der Waals surface area contributed by atoms with Crippen molar-refractivity contribution in [3.63, 3.8) is 0 Å². The molecule has 1 aliphatic heterocycles. The standard InChI is InChI=1S/C25H31NO6/c1-17(14-31-15-20-9-11-22(30-3)12-10-20)23(27)18(2)24(28)26-21(16-32-25(26)29)13-19-7-5-4-6-8-19/h4-12,17-18,21,23,27H,13-16H2,1-3H3/t17-,18+,21+,23-/m1/s1. The largest absolute Gasteiger partial charge is 0.497 e. The molecule has 7 heteroatoms. The van der Waals surface area contributed by atoms with E-state index in [0.717, 1.165) is 21.8 Å². The molecule has 0 bridgehead atoms. The lowest BCUT2D eigenvalue weighted by Crippen LogP contribution is -2.47. The third-order valence-corrected chi connectivity index (χ3v) is 5.81. The van der Waals surface area contributed by atoms with Crippen molar-refractivity contribution >= 4 is 12.0 Å². The van der Waals surface area contributed by atoms with Gasteiger partial charge in [0, 0.05) is 5.92 Å². The van der Waals surface area contributed by atoms with Crippen LogP contribution in [0.25, 0.3) is 0 Å². The van der Waals surface area contributed by atoms with E-state index >= 15 is 0 Å². The first kappa shape index (κ1) is 23.8. The first-order valence-corrected chi connectivity index (χ1v) is 10.8. The normalized spacial score (nSPS) is 18.7. The fourth-order valence-corrected chi connectivity index (χ4v) is 3.81. The molecule has 1 N–H and O–H groups in total. The number of ether oxygens (including phenoxy) is 3. The number of carbonyl (C=O) groups excluding carboxylic acids is 2. The zero-order chi connectivity index (χ0) is 23.1. The number of rotatable bonds is 10. The summed E-state index contributed by atoms with van der Waals surface area (Å²) in [4.78, 5) is 26.5. The van der Waals surface area contributed by atoms with Gasteiger partial charge in [0.05, 0.1) is 38.4 Å². The predicted octanol–water partition coefficient (Wildman–Crippen LogP) is 3.44. The number of hydrogen-bond donors (Lipinski definition) is 1. The van der Waals surface area contributed by atoms with Gasteiger partial charge in [0.15, 0.2) is 0 Å². The quantitative estimate of drug-likeness (QED) is 0.608. The number of amides is 2. The van der Waals surface area contributed by atoms with Gasteiger partial charge in [-0.25, -0.2) is 9.69 Å². The van der Waals surface area contributed by atoms with Crippen molar-refractivity contribution in [1.29, 1.82) is 0 Å². The summed E-state index contributed by atoms with van der Waals surface area (Å²) in [6.45, 7) is 4.29. The van der Waals surface area contributed by atoms with Gasteiger partial charge in [-0.05, 0) is 29.7 Å². The number of carbonyl (C=O) groups is 2. The van der Waals surface area contributed by atoms with Crippen LogP contribution in [-0.2, 0) is 27.3 Å². The highest BCUT2D eigenvalue weighted by atomic mass is 16.6. The highest BCUT2D eigenvalue weighted by molar-refractivity contribution is 5.95. The van der Waals surface area contributed by atoms with Crippen LogP contribution in [0.2, 0.25) is 0 Å². The van der Waals surface area contributed by atoms with Crippen LogP contribution in [0.5, 0.6) is 5.75 Å². The van der Waals surface area contributed by atoms with Gasteiger partial charge >= 0.3 is 6.09 Å². The topological polar surface area (TPSA) is 85.3 Å². The molecular formula is C25H31NO6. The highest BCUT2D eigenvalue weighted by Gasteiger charge is 2.42. The van der Waals surface area contributed by atoms with Crippen molar-refractivity contribution in [2.24, 2.45) is 11.8 Å². The number of methoxy groups -OCH3 is 1. The van der Waals surface area contributed by atoms with E-state index in [1.54, 1.807) is 14.0 Å². The lowest BCUT2D eigenvalue weighted by atomic mass is 9.92. The molecule has 2 aromatic carbocycles. The van der Waals surface area contributed by atoms with Crippen LogP contribution in [0, 0.1) is 11.8 Å². The van der Waals surface area contributed by atoms with Crippen LogP contribution in [0.1, 0.15) is 25.0 Å². The van der Waals surface area contributed by atoms with Gasteiger partial charge in [0.25, 0.3) is 0 Å². The summed E-state index contributed by atoms with van der Waals surface area (Å²) in [6, 6.07) is 16.8. The zero-order valence-corrected chi connectivity index (χ0v) is 18.8. The maximum atomic E-state index is 13.1. The van der Waals surface area contributed by atoms with Gasteiger partial charge in [0.1, 0.15) is 12.4 Å². The molecule has 3 rings (SSSR count). The average Bonchev–Trinajstić information content (AvgIpc) is 3.18. The number of aliphatic hydroxyl groups is 1. The van der Waals surface area contributed by atoms with Crippen molar-refractivity contribution in [3.05, 3.63) is 65.7 Å². The van der Waals surface area contributed by atoms with Gasteiger partial charge in [-0.15, -0.1) is 0 Å². The maximum absolute atomic E-state index is 13.1. The summed E-state index contributed by atoms with van der Waals surface area (Å²) in [7, 11) is 1.61. The van der Waals surface area contributed by atoms with E-state index in [9.17, 15) is 14.7 Å². The Morgan fingerprint density at radius 1 is 1.12 bits per heavy atom. The monoisotopic (exact) mass is 441 g/mol. The number of hydrogen-bond acceptors (Lipinski definition) is 6. The van der Waals surface area contributed by atoms with Crippen LogP contribution in [0.4, 0.5) is 4.79 Å². The fourth-order valence-electron chi connectivity index (χ4n) is 3.81. The molecule has 0 spiro atoms. The molecule has 1 heterocycles. The lowest BCUT2D eigenvalue weighted by Gasteiger charge is -2.28. The van der Waals surface area contributed by atoms with Crippen molar-refractivity contribution in [2.45, 2.75) is 39.0 Å². The van der Waals surface area contributed by atoms with E-state index in [1.165, 1.54) is 0 Å². The number of nitrogens with zero attached hydrogens (tertiary/aromatic N) is 1. The van der Waals surface area contributed by atoms with Gasteiger partial charge in [0.2, 0.25) is 5.91 Å². The molecule has 1 saturated heterocycles. The smallest absolute Gasteiger partial charge is 0.416 e. The Labute approximate surface area is 188 Å². The van der Waals surface area contributed by atoms with Crippen LogP contribution < -0.4 is 4.74 Å². The Balaban J connectivity index is 1.53. The molecule has 172 valence electrons. The molecule has 4 atom stereocenters. The summed E-state index contributed by atoms with van der Waals surface area (Å²) in [5.41, 5.74) is 2.00. The minimum Gasteiger partial charge on any atom is -0.497 e. The molecular weight excluding hydrogens is 410 g/mol. The van der Waals surface area contributed by atoms with Crippen molar-refractivity contribution < 1.29 is 28.9 Å². The first-order chi connectivity index (χ1) is 15.4. The molecule has 0 aliphatic carbocycles. The minimum atomic E-state index is -0.954. The summed E-state index contributed by atoms with van der Waals surface area (Å²) >= 11 is 0. The van der Waals surface area contributed by atoms with E-state index in [2.05, 4.69) is 0 Å². The van der Waals surface area contributed by atoms with Crippen molar-refractivity contribution in [3.8, 4) is 5.75 Å². The fraction of sp³-hybridized carbons (Fsp3) is 0.440. The van der Waals surface area contributed by atoms with Crippen LogP contribution in [0.3, 0.4) is 0 Å². The molecule has 2 aromatic rings. The Morgan fingerprint density at radius 3 is 2.47 bits per heavy atom. The number of aliphatic hydroxyl groups excluding tert-OH is 1. The van der Waals surface area contributed by atoms with Crippen LogP contribution >= 0.6 is 0 Å².